The normalized spacial score (nSPS) is 11.8. The third-order valence-corrected chi connectivity index (χ3v) is 4.08. The molecular formula is C18H15ClFN3O3. The van der Waals surface area contributed by atoms with Gasteiger partial charge >= 0.3 is 0 Å². The molecule has 6 nitrogen and oxygen atoms in total. The van der Waals surface area contributed by atoms with E-state index < -0.39 is 12.0 Å². The van der Waals surface area contributed by atoms with Crippen molar-refractivity contribution in [1.29, 1.82) is 0 Å². The Morgan fingerprint density at radius 2 is 1.96 bits per heavy atom. The van der Waals surface area contributed by atoms with Gasteiger partial charge in [-0.05, 0) is 72.2 Å². The zero-order valence-corrected chi connectivity index (χ0v) is 14.7. The average Bonchev–Trinajstić information content (AvgIpc) is 3.07. The summed E-state index contributed by atoms with van der Waals surface area (Å²) in [5.41, 5.74) is 1.70. The number of halogens is 2. The van der Waals surface area contributed by atoms with E-state index in [1.54, 1.807) is 25.1 Å². The molecule has 134 valence electrons. The number of hydrogen-bond donors (Lipinski definition) is 1. The minimum atomic E-state index is -0.798. The van der Waals surface area contributed by atoms with Crippen LogP contribution in [0.1, 0.15) is 12.5 Å². The van der Waals surface area contributed by atoms with Crippen molar-refractivity contribution >= 4 is 23.3 Å². The van der Waals surface area contributed by atoms with Crippen LogP contribution in [-0.2, 0) is 4.79 Å². The molecule has 0 aliphatic rings. The maximum atomic E-state index is 13.1. The van der Waals surface area contributed by atoms with Gasteiger partial charge in [-0.15, -0.1) is 0 Å². The standard InChI is InChI=1S/C18H15ClFN3O3/c1-10-9-14(7-8-15(10)19)25-11(2)18(24)21-17-16(22-26-23-17)12-3-5-13(20)6-4-12/h3-9,11H,1-2H3,(H,21,23,24)/t11-/m1/s1. The molecule has 1 atom stereocenters. The van der Waals surface area contributed by atoms with Crippen molar-refractivity contribution in [3.05, 3.63) is 58.9 Å². The topological polar surface area (TPSA) is 77.2 Å². The quantitative estimate of drug-likeness (QED) is 0.721. The monoisotopic (exact) mass is 375 g/mol. The predicted molar refractivity (Wildman–Crippen MR) is 94.6 cm³/mol. The summed E-state index contributed by atoms with van der Waals surface area (Å²) in [4.78, 5) is 12.4. The fourth-order valence-electron chi connectivity index (χ4n) is 2.23. The van der Waals surface area contributed by atoms with E-state index in [0.29, 0.717) is 22.0 Å². The lowest BCUT2D eigenvalue weighted by molar-refractivity contribution is -0.122. The van der Waals surface area contributed by atoms with Crippen molar-refractivity contribution in [2.24, 2.45) is 0 Å². The second kappa shape index (κ2) is 7.53. The molecule has 0 fully saturated rings. The van der Waals surface area contributed by atoms with E-state index in [1.165, 1.54) is 24.3 Å². The van der Waals surface area contributed by atoms with Crippen molar-refractivity contribution in [3.63, 3.8) is 0 Å². The summed E-state index contributed by atoms with van der Waals surface area (Å²) in [5, 5.41) is 10.7. The number of rotatable bonds is 5. The number of carbonyl (C=O) groups excluding carboxylic acids is 1. The van der Waals surface area contributed by atoms with Gasteiger partial charge in [-0.1, -0.05) is 11.6 Å². The molecule has 0 aliphatic carbocycles. The van der Waals surface area contributed by atoms with Gasteiger partial charge in [0.25, 0.3) is 5.91 Å². The molecule has 8 heteroatoms. The molecule has 0 unspecified atom stereocenters. The number of nitrogens with one attached hydrogen (secondary N) is 1. The Kier molecular flexibility index (Phi) is 5.18. The highest BCUT2D eigenvalue weighted by Gasteiger charge is 2.20. The minimum absolute atomic E-state index is 0.129. The van der Waals surface area contributed by atoms with Crippen LogP contribution >= 0.6 is 11.6 Å². The summed E-state index contributed by atoms with van der Waals surface area (Å²) in [5.74, 6) is -0.163. The second-order valence-electron chi connectivity index (χ2n) is 5.63. The molecule has 0 spiro atoms. The molecule has 1 aromatic heterocycles. The smallest absolute Gasteiger partial charge is 0.266 e. The van der Waals surface area contributed by atoms with Gasteiger partial charge in [-0.3, -0.25) is 4.79 Å². The Labute approximate surface area is 153 Å². The maximum absolute atomic E-state index is 13.1. The average molecular weight is 376 g/mol. The first-order valence-corrected chi connectivity index (χ1v) is 8.14. The molecule has 0 saturated carbocycles. The molecule has 2 aromatic carbocycles. The molecule has 1 heterocycles. The van der Waals surface area contributed by atoms with Crippen LogP contribution in [0.5, 0.6) is 5.75 Å². The van der Waals surface area contributed by atoms with E-state index in [9.17, 15) is 9.18 Å². The van der Waals surface area contributed by atoms with Crippen molar-refractivity contribution in [1.82, 2.24) is 10.3 Å². The van der Waals surface area contributed by atoms with Gasteiger partial charge < -0.3 is 10.1 Å². The lowest BCUT2D eigenvalue weighted by atomic mass is 10.1. The van der Waals surface area contributed by atoms with Crippen LogP contribution in [0.15, 0.2) is 47.1 Å². The van der Waals surface area contributed by atoms with E-state index in [2.05, 4.69) is 15.6 Å². The Hall–Kier alpha value is -2.93. The molecule has 0 bridgehead atoms. The van der Waals surface area contributed by atoms with Crippen LogP contribution in [0.25, 0.3) is 11.3 Å². The molecule has 1 amide bonds. The van der Waals surface area contributed by atoms with Crippen molar-refractivity contribution < 1.29 is 18.6 Å². The highest BCUT2D eigenvalue weighted by atomic mass is 35.5. The number of aromatic nitrogens is 2. The predicted octanol–water partition coefficient (Wildman–Crippen LogP) is 4.24. The van der Waals surface area contributed by atoms with Crippen LogP contribution in [0.2, 0.25) is 5.02 Å². The fraction of sp³-hybridized carbons (Fsp3) is 0.167. The summed E-state index contributed by atoms with van der Waals surface area (Å²) in [6, 6.07) is 10.7. The van der Waals surface area contributed by atoms with Gasteiger partial charge in [0, 0.05) is 10.6 Å². The number of ether oxygens (including phenoxy) is 1. The SMILES string of the molecule is Cc1cc(O[C@H](C)C(=O)Nc2nonc2-c2ccc(F)cc2)ccc1Cl. The summed E-state index contributed by atoms with van der Waals surface area (Å²) in [7, 11) is 0. The van der Waals surface area contributed by atoms with Crippen molar-refractivity contribution in [3.8, 4) is 17.0 Å². The number of anilines is 1. The van der Waals surface area contributed by atoms with E-state index in [4.69, 9.17) is 21.0 Å². The van der Waals surface area contributed by atoms with Crippen molar-refractivity contribution in [2.45, 2.75) is 20.0 Å². The van der Waals surface area contributed by atoms with Crippen LogP contribution in [-0.4, -0.2) is 22.3 Å². The first-order chi connectivity index (χ1) is 12.4. The molecule has 3 aromatic rings. The summed E-state index contributed by atoms with van der Waals surface area (Å²) in [6.07, 6.45) is -0.798. The number of aryl methyl sites for hydroxylation is 1. The first-order valence-electron chi connectivity index (χ1n) is 7.76. The summed E-state index contributed by atoms with van der Waals surface area (Å²) < 4.78 is 23.4. The molecule has 0 radical (unpaired) electrons. The summed E-state index contributed by atoms with van der Waals surface area (Å²) >= 11 is 5.98. The maximum Gasteiger partial charge on any atom is 0.266 e. The molecule has 26 heavy (non-hydrogen) atoms. The lowest BCUT2D eigenvalue weighted by Gasteiger charge is -2.14. The van der Waals surface area contributed by atoms with Crippen LogP contribution in [0.4, 0.5) is 10.2 Å². The van der Waals surface area contributed by atoms with E-state index in [-0.39, 0.29) is 11.6 Å². The molecule has 0 saturated heterocycles. The number of benzene rings is 2. The van der Waals surface area contributed by atoms with Crippen LogP contribution < -0.4 is 10.1 Å². The Morgan fingerprint density at radius 1 is 1.23 bits per heavy atom. The highest BCUT2D eigenvalue weighted by molar-refractivity contribution is 6.31. The number of amides is 1. The summed E-state index contributed by atoms with van der Waals surface area (Å²) in [6.45, 7) is 3.44. The number of hydrogen-bond acceptors (Lipinski definition) is 5. The van der Waals surface area contributed by atoms with Gasteiger partial charge in [0.15, 0.2) is 11.8 Å². The zero-order chi connectivity index (χ0) is 18.7. The molecule has 1 N–H and O–H groups in total. The fourth-order valence-corrected chi connectivity index (χ4v) is 2.35. The number of nitrogens with zero attached hydrogens (tertiary/aromatic N) is 2. The lowest BCUT2D eigenvalue weighted by Crippen LogP contribution is -2.30. The second-order valence-corrected chi connectivity index (χ2v) is 6.04. The Morgan fingerprint density at radius 3 is 2.65 bits per heavy atom. The van der Waals surface area contributed by atoms with E-state index in [0.717, 1.165) is 5.56 Å². The van der Waals surface area contributed by atoms with Gasteiger partial charge in [-0.2, -0.15) is 0 Å². The highest BCUT2D eigenvalue weighted by Crippen LogP contribution is 2.25. The third-order valence-electron chi connectivity index (χ3n) is 3.66. The van der Waals surface area contributed by atoms with Gasteiger partial charge in [0.05, 0.1) is 0 Å². The Balaban J connectivity index is 1.71. The zero-order valence-electron chi connectivity index (χ0n) is 14.0. The van der Waals surface area contributed by atoms with Crippen LogP contribution in [0, 0.1) is 12.7 Å². The van der Waals surface area contributed by atoms with Crippen molar-refractivity contribution in [2.75, 3.05) is 5.32 Å². The number of carbonyl (C=O) groups is 1. The molecule has 3 rings (SSSR count). The van der Waals surface area contributed by atoms with E-state index >= 15 is 0 Å². The third kappa shape index (κ3) is 4.00. The largest absolute Gasteiger partial charge is 0.481 e. The molecular weight excluding hydrogens is 361 g/mol. The van der Waals surface area contributed by atoms with Gasteiger partial charge in [0.2, 0.25) is 5.82 Å². The Bertz CT molecular complexity index is 928. The van der Waals surface area contributed by atoms with Gasteiger partial charge in [0.1, 0.15) is 11.6 Å². The first kappa shape index (κ1) is 17.9. The minimum Gasteiger partial charge on any atom is -0.481 e. The molecule has 0 aliphatic heterocycles. The van der Waals surface area contributed by atoms with Gasteiger partial charge in [-0.25, -0.2) is 9.02 Å². The van der Waals surface area contributed by atoms with E-state index in [1.807, 2.05) is 6.92 Å². The van der Waals surface area contributed by atoms with Crippen LogP contribution in [0.3, 0.4) is 0 Å².